The maximum absolute atomic E-state index is 13.1. The van der Waals surface area contributed by atoms with Gasteiger partial charge >= 0.3 is 5.69 Å². The summed E-state index contributed by atoms with van der Waals surface area (Å²) in [6.45, 7) is 7.73. The molecular formula is C26H30N6O. The van der Waals surface area contributed by atoms with Crippen molar-refractivity contribution in [2.24, 2.45) is 5.92 Å². The standard InChI is InChI=1S/C26H30N6O/c1-4-5-8-23-18-30(16-15-20(2)3)26(33)31(23)17-21-11-13-22(14-12-21)24-9-6-7-10-25(24)32-19-27-28-29-32/h5-14,18-20H,4,15-17H2,1-3H3. The van der Waals surface area contributed by atoms with Gasteiger partial charge in [-0.25, -0.2) is 4.79 Å². The lowest BCUT2D eigenvalue weighted by molar-refractivity contribution is 0.503. The molecule has 33 heavy (non-hydrogen) atoms. The zero-order valence-electron chi connectivity index (χ0n) is 19.4. The molecule has 2 aromatic carbocycles. The van der Waals surface area contributed by atoms with Crippen LogP contribution in [0.15, 0.2) is 71.9 Å². The number of allylic oxidation sites excluding steroid dienone is 1. The van der Waals surface area contributed by atoms with Crippen LogP contribution in [0.4, 0.5) is 0 Å². The number of nitrogens with zero attached hydrogens (tertiary/aromatic N) is 6. The maximum Gasteiger partial charge on any atom is 0.328 e. The van der Waals surface area contributed by atoms with Crippen molar-refractivity contribution in [3.8, 4) is 16.8 Å². The van der Waals surface area contributed by atoms with Crippen LogP contribution in [0.3, 0.4) is 0 Å². The Bertz CT molecular complexity index is 1260. The van der Waals surface area contributed by atoms with Crippen LogP contribution in [0.25, 0.3) is 22.9 Å². The molecule has 0 N–H and O–H groups in total. The summed E-state index contributed by atoms with van der Waals surface area (Å²) in [6.07, 6.45) is 9.63. The molecule has 7 heteroatoms. The largest absolute Gasteiger partial charge is 0.328 e. The molecule has 0 unspecified atom stereocenters. The summed E-state index contributed by atoms with van der Waals surface area (Å²) < 4.78 is 5.36. The molecule has 7 nitrogen and oxygen atoms in total. The van der Waals surface area contributed by atoms with Crippen LogP contribution in [0.1, 0.15) is 44.9 Å². The highest BCUT2D eigenvalue weighted by Crippen LogP contribution is 2.26. The third kappa shape index (κ3) is 5.19. The van der Waals surface area contributed by atoms with Crippen LogP contribution in [-0.4, -0.2) is 29.3 Å². The number of imidazole rings is 1. The number of rotatable bonds is 9. The second kappa shape index (κ2) is 10.3. The summed E-state index contributed by atoms with van der Waals surface area (Å²) in [4.78, 5) is 13.1. The highest BCUT2D eigenvalue weighted by atomic mass is 16.1. The number of benzene rings is 2. The lowest BCUT2D eigenvalue weighted by Crippen LogP contribution is -2.25. The fourth-order valence-electron chi connectivity index (χ4n) is 3.80. The van der Waals surface area contributed by atoms with E-state index in [9.17, 15) is 4.79 Å². The average molecular weight is 443 g/mol. The predicted octanol–water partition coefficient (Wildman–Crippen LogP) is 4.81. The Labute approximate surface area is 194 Å². The molecule has 0 amide bonds. The Balaban J connectivity index is 1.61. The molecule has 0 saturated heterocycles. The molecule has 0 spiro atoms. The van der Waals surface area contributed by atoms with Crippen molar-refractivity contribution >= 4 is 6.08 Å². The first-order valence-corrected chi connectivity index (χ1v) is 11.4. The van der Waals surface area contributed by atoms with E-state index in [4.69, 9.17) is 0 Å². The van der Waals surface area contributed by atoms with Gasteiger partial charge in [-0.05, 0) is 52.5 Å². The van der Waals surface area contributed by atoms with Gasteiger partial charge in [0.2, 0.25) is 0 Å². The van der Waals surface area contributed by atoms with Gasteiger partial charge in [-0.1, -0.05) is 69.3 Å². The van der Waals surface area contributed by atoms with Crippen molar-refractivity contribution in [2.45, 2.75) is 46.7 Å². The molecule has 0 bridgehead atoms. The number of hydrogen-bond donors (Lipinski definition) is 0. The lowest BCUT2D eigenvalue weighted by atomic mass is 10.0. The summed E-state index contributed by atoms with van der Waals surface area (Å²) in [5.74, 6) is 0.554. The Kier molecular flexibility index (Phi) is 6.98. The summed E-state index contributed by atoms with van der Waals surface area (Å²) in [5.41, 5.74) is 5.09. The Morgan fingerprint density at radius 1 is 1.06 bits per heavy atom. The fraction of sp³-hybridized carbons (Fsp3) is 0.308. The highest BCUT2D eigenvalue weighted by molar-refractivity contribution is 5.72. The smallest absolute Gasteiger partial charge is 0.299 e. The van der Waals surface area contributed by atoms with Crippen molar-refractivity contribution in [3.05, 3.63) is 88.9 Å². The molecule has 0 aliphatic rings. The Morgan fingerprint density at radius 2 is 1.85 bits per heavy atom. The van der Waals surface area contributed by atoms with E-state index in [2.05, 4.69) is 72.7 Å². The first kappa shape index (κ1) is 22.5. The van der Waals surface area contributed by atoms with Crippen LogP contribution < -0.4 is 5.69 Å². The van der Waals surface area contributed by atoms with Crippen molar-refractivity contribution < 1.29 is 0 Å². The Morgan fingerprint density at radius 3 is 2.55 bits per heavy atom. The second-order valence-electron chi connectivity index (χ2n) is 8.58. The summed E-state index contributed by atoms with van der Waals surface area (Å²) in [7, 11) is 0. The van der Waals surface area contributed by atoms with Crippen molar-refractivity contribution in [1.29, 1.82) is 0 Å². The number of aromatic nitrogens is 6. The van der Waals surface area contributed by atoms with Gasteiger partial charge in [0.25, 0.3) is 0 Å². The van der Waals surface area contributed by atoms with Gasteiger partial charge in [-0.3, -0.25) is 9.13 Å². The average Bonchev–Trinajstić information content (AvgIpc) is 3.46. The summed E-state index contributed by atoms with van der Waals surface area (Å²) in [6, 6.07) is 16.3. The number of tetrazole rings is 1. The van der Waals surface area contributed by atoms with E-state index in [0.29, 0.717) is 12.5 Å². The summed E-state index contributed by atoms with van der Waals surface area (Å²) >= 11 is 0. The minimum absolute atomic E-state index is 0.0412. The lowest BCUT2D eigenvalue weighted by Gasteiger charge is -2.10. The molecule has 2 aromatic heterocycles. The number of para-hydroxylation sites is 1. The van der Waals surface area contributed by atoms with E-state index >= 15 is 0 Å². The van der Waals surface area contributed by atoms with Crippen LogP contribution in [-0.2, 0) is 13.1 Å². The Hall–Kier alpha value is -3.74. The van der Waals surface area contributed by atoms with Crippen LogP contribution in [0, 0.1) is 5.92 Å². The minimum atomic E-state index is 0.0412. The highest BCUT2D eigenvalue weighted by Gasteiger charge is 2.12. The second-order valence-corrected chi connectivity index (χ2v) is 8.58. The first-order chi connectivity index (χ1) is 16.1. The zero-order chi connectivity index (χ0) is 23.2. The van der Waals surface area contributed by atoms with E-state index in [0.717, 1.165) is 47.5 Å². The van der Waals surface area contributed by atoms with Gasteiger partial charge in [0.05, 0.1) is 17.9 Å². The van der Waals surface area contributed by atoms with E-state index in [1.807, 2.05) is 39.6 Å². The third-order valence-electron chi connectivity index (χ3n) is 5.65. The molecule has 0 fully saturated rings. The van der Waals surface area contributed by atoms with E-state index in [-0.39, 0.29) is 5.69 Å². The molecule has 0 saturated carbocycles. The van der Waals surface area contributed by atoms with E-state index in [1.54, 1.807) is 11.0 Å². The number of aryl methyl sites for hydroxylation is 1. The van der Waals surface area contributed by atoms with Crippen LogP contribution in [0.2, 0.25) is 0 Å². The first-order valence-electron chi connectivity index (χ1n) is 11.4. The molecule has 4 aromatic rings. The van der Waals surface area contributed by atoms with Crippen molar-refractivity contribution in [3.63, 3.8) is 0 Å². The van der Waals surface area contributed by atoms with Gasteiger partial charge < -0.3 is 0 Å². The van der Waals surface area contributed by atoms with Gasteiger partial charge in [-0.2, -0.15) is 4.68 Å². The van der Waals surface area contributed by atoms with Gasteiger partial charge in [0.1, 0.15) is 6.33 Å². The molecule has 0 aliphatic heterocycles. The zero-order valence-corrected chi connectivity index (χ0v) is 19.4. The minimum Gasteiger partial charge on any atom is -0.299 e. The molecule has 2 heterocycles. The van der Waals surface area contributed by atoms with Crippen molar-refractivity contribution in [1.82, 2.24) is 29.3 Å². The van der Waals surface area contributed by atoms with Crippen LogP contribution >= 0.6 is 0 Å². The number of hydrogen-bond acceptors (Lipinski definition) is 4. The monoisotopic (exact) mass is 442 g/mol. The van der Waals surface area contributed by atoms with Gasteiger partial charge in [0, 0.05) is 18.3 Å². The summed E-state index contributed by atoms with van der Waals surface area (Å²) in [5, 5.41) is 11.5. The topological polar surface area (TPSA) is 70.5 Å². The van der Waals surface area contributed by atoms with E-state index < -0.39 is 0 Å². The van der Waals surface area contributed by atoms with Crippen molar-refractivity contribution in [2.75, 3.05) is 0 Å². The molecule has 0 radical (unpaired) electrons. The fourth-order valence-corrected chi connectivity index (χ4v) is 3.80. The molecule has 0 atom stereocenters. The molecule has 0 aliphatic carbocycles. The molecule has 170 valence electrons. The SMILES string of the molecule is CCC=Cc1cn(CCC(C)C)c(=O)n1Cc1ccc(-c2ccccc2-n2cnnn2)cc1. The molecule has 4 rings (SSSR count). The maximum atomic E-state index is 13.1. The van der Waals surface area contributed by atoms with Gasteiger partial charge in [0.15, 0.2) is 0 Å². The molecular weight excluding hydrogens is 412 g/mol. The van der Waals surface area contributed by atoms with Crippen LogP contribution in [0.5, 0.6) is 0 Å². The van der Waals surface area contributed by atoms with E-state index in [1.165, 1.54) is 0 Å². The normalized spacial score (nSPS) is 11.6. The predicted molar refractivity (Wildman–Crippen MR) is 131 cm³/mol. The van der Waals surface area contributed by atoms with Gasteiger partial charge in [-0.15, -0.1) is 5.10 Å². The quantitative estimate of drug-likeness (QED) is 0.373. The third-order valence-corrected chi connectivity index (χ3v) is 5.65.